The van der Waals surface area contributed by atoms with Crippen LogP contribution in [-0.4, -0.2) is 30.4 Å². The Morgan fingerprint density at radius 3 is 1.42 bits per heavy atom. The zero-order valence-corrected chi connectivity index (χ0v) is 10.3. The van der Waals surface area contributed by atoms with Gasteiger partial charge in [0.05, 0.1) is 6.42 Å². The number of ether oxygens (including phenoxy) is 3. The van der Waals surface area contributed by atoms with Crippen LogP contribution in [0.25, 0.3) is 0 Å². The van der Waals surface area contributed by atoms with Crippen molar-refractivity contribution in [3.05, 3.63) is 38.0 Å². The molecule has 0 unspecified atom stereocenters. The number of nitrogens with two attached hydrogens (primary N) is 1. The molecule has 0 heterocycles. The summed E-state index contributed by atoms with van der Waals surface area (Å²) in [5.74, 6) is -5.14. The lowest BCUT2D eigenvalue weighted by atomic mass is 10.3. The summed E-state index contributed by atoms with van der Waals surface area (Å²) in [4.78, 5) is 33.7. The van der Waals surface area contributed by atoms with Gasteiger partial charge in [0.2, 0.25) is 0 Å². The molecular weight excluding hydrogens is 254 g/mol. The highest BCUT2D eigenvalue weighted by atomic mass is 16.9. The van der Waals surface area contributed by atoms with Gasteiger partial charge in [-0.2, -0.15) is 0 Å². The van der Waals surface area contributed by atoms with Crippen LogP contribution in [0.1, 0.15) is 6.42 Å². The molecule has 0 bridgehead atoms. The lowest BCUT2D eigenvalue weighted by Gasteiger charge is -2.29. The van der Waals surface area contributed by atoms with Gasteiger partial charge < -0.3 is 19.9 Å². The van der Waals surface area contributed by atoms with Gasteiger partial charge in [-0.1, -0.05) is 19.7 Å². The highest BCUT2D eigenvalue weighted by Crippen LogP contribution is 2.21. The smallest absolute Gasteiger partial charge is 0.385 e. The maximum Gasteiger partial charge on any atom is 0.425 e. The molecule has 0 aliphatic carbocycles. The molecule has 0 aromatic heterocycles. The molecule has 0 saturated carbocycles. The van der Waals surface area contributed by atoms with Crippen molar-refractivity contribution in [2.24, 2.45) is 5.73 Å². The minimum Gasteiger partial charge on any atom is -0.385 e. The molecule has 0 aliphatic rings. The number of carbonyl (C=O) groups excluding carboxylic acids is 3. The standard InChI is InChI=1S/C12H15NO6/c1-4-9(14)17-12(7-8-13,18-10(15)5-2)19-11(16)6-3/h4-6H,1-3,7-8,13H2. The van der Waals surface area contributed by atoms with E-state index in [2.05, 4.69) is 19.7 Å². The zero-order valence-electron chi connectivity index (χ0n) is 10.3. The molecule has 0 saturated heterocycles. The number of hydrogen-bond acceptors (Lipinski definition) is 7. The minimum absolute atomic E-state index is 0.0841. The molecule has 0 fully saturated rings. The van der Waals surface area contributed by atoms with Crippen molar-refractivity contribution >= 4 is 17.9 Å². The second-order valence-electron chi connectivity index (χ2n) is 3.10. The maximum atomic E-state index is 11.2. The second-order valence-corrected chi connectivity index (χ2v) is 3.10. The van der Waals surface area contributed by atoms with E-state index in [9.17, 15) is 14.4 Å². The summed E-state index contributed by atoms with van der Waals surface area (Å²) in [6.07, 6.45) is 2.18. The van der Waals surface area contributed by atoms with E-state index in [4.69, 9.17) is 19.9 Å². The van der Waals surface area contributed by atoms with Crippen LogP contribution in [0, 0.1) is 0 Å². The van der Waals surface area contributed by atoms with Gasteiger partial charge in [-0.15, -0.1) is 0 Å². The molecule has 2 N–H and O–H groups in total. The molecule has 0 aliphatic heterocycles. The van der Waals surface area contributed by atoms with Gasteiger partial charge in [-0.3, -0.25) is 0 Å². The van der Waals surface area contributed by atoms with Crippen LogP contribution in [0.15, 0.2) is 38.0 Å². The molecule has 19 heavy (non-hydrogen) atoms. The first-order valence-electron chi connectivity index (χ1n) is 5.19. The first kappa shape index (κ1) is 16.6. The van der Waals surface area contributed by atoms with Gasteiger partial charge >= 0.3 is 23.9 Å². The number of rotatable bonds is 8. The highest BCUT2D eigenvalue weighted by molar-refractivity contribution is 5.85. The van der Waals surface area contributed by atoms with E-state index in [-0.39, 0.29) is 13.0 Å². The Kier molecular flexibility index (Phi) is 6.83. The summed E-state index contributed by atoms with van der Waals surface area (Å²) in [5, 5.41) is 0. The monoisotopic (exact) mass is 269 g/mol. The lowest BCUT2D eigenvalue weighted by Crippen LogP contribution is -2.45. The summed E-state index contributed by atoms with van der Waals surface area (Å²) in [5.41, 5.74) is 5.31. The van der Waals surface area contributed by atoms with E-state index < -0.39 is 23.9 Å². The van der Waals surface area contributed by atoms with E-state index >= 15 is 0 Å². The first-order valence-corrected chi connectivity index (χ1v) is 5.19. The average Bonchev–Trinajstić information content (AvgIpc) is 2.38. The lowest BCUT2D eigenvalue weighted by molar-refractivity contribution is -0.325. The summed E-state index contributed by atoms with van der Waals surface area (Å²) in [7, 11) is 0. The van der Waals surface area contributed by atoms with E-state index in [0.717, 1.165) is 18.2 Å². The van der Waals surface area contributed by atoms with Crippen LogP contribution in [0.4, 0.5) is 0 Å². The van der Waals surface area contributed by atoms with Gasteiger partial charge in [0.1, 0.15) is 0 Å². The molecule has 0 spiro atoms. The van der Waals surface area contributed by atoms with Crippen molar-refractivity contribution in [3.63, 3.8) is 0 Å². The third-order valence-electron chi connectivity index (χ3n) is 1.72. The number of hydrogen-bond donors (Lipinski definition) is 1. The largest absolute Gasteiger partial charge is 0.425 e. The van der Waals surface area contributed by atoms with Crippen molar-refractivity contribution in [1.29, 1.82) is 0 Å². The molecular formula is C12H15NO6. The Balaban J connectivity index is 5.29. The molecule has 0 atom stereocenters. The van der Waals surface area contributed by atoms with Crippen LogP contribution >= 0.6 is 0 Å². The normalized spacial score (nSPS) is 9.95. The fourth-order valence-corrected chi connectivity index (χ4v) is 0.977. The van der Waals surface area contributed by atoms with Gasteiger partial charge in [0.15, 0.2) is 0 Å². The molecule has 104 valence electrons. The number of esters is 3. The topological polar surface area (TPSA) is 105 Å². The first-order chi connectivity index (χ1) is 8.92. The maximum absolute atomic E-state index is 11.2. The molecule has 0 rings (SSSR count). The summed E-state index contributed by atoms with van der Waals surface area (Å²) >= 11 is 0. The zero-order chi connectivity index (χ0) is 14.9. The Hall–Kier alpha value is -2.41. The summed E-state index contributed by atoms with van der Waals surface area (Å²) < 4.78 is 14.3. The van der Waals surface area contributed by atoms with Gasteiger partial charge in [-0.05, 0) is 0 Å². The van der Waals surface area contributed by atoms with Crippen LogP contribution in [-0.2, 0) is 28.6 Å². The molecule has 0 radical (unpaired) electrons. The molecule has 7 nitrogen and oxygen atoms in total. The summed E-state index contributed by atoms with van der Waals surface area (Å²) in [6, 6.07) is 0. The van der Waals surface area contributed by atoms with E-state index in [1.54, 1.807) is 0 Å². The predicted molar refractivity (Wildman–Crippen MR) is 65.3 cm³/mol. The molecule has 0 aromatic carbocycles. The van der Waals surface area contributed by atoms with Crippen molar-refractivity contribution in [1.82, 2.24) is 0 Å². The van der Waals surface area contributed by atoms with Crippen molar-refractivity contribution in [2.45, 2.75) is 12.4 Å². The van der Waals surface area contributed by atoms with Gasteiger partial charge in [0.25, 0.3) is 0 Å². The Bertz CT molecular complexity index is 346. The molecule has 0 aromatic rings. The third-order valence-corrected chi connectivity index (χ3v) is 1.72. The van der Waals surface area contributed by atoms with Gasteiger partial charge in [0, 0.05) is 24.8 Å². The second kappa shape index (κ2) is 7.83. The quantitative estimate of drug-likeness (QED) is 0.380. The SMILES string of the molecule is C=CC(=O)OC(CCN)(OC(=O)C=C)OC(=O)C=C. The number of carbonyl (C=O) groups is 3. The third kappa shape index (κ3) is 5.64. The van der Waals surface area contributed by atoms with Crippen LogP contribution in [0.3, 0.4) is 0 Å². The minimum atomic E-state index is -2.27. The average molecular weight is 269 g/mol. The van der Waals surface area contributed by atoms with Crippen LogP contribution in [0.2, 0.25) is 0 Å². The van der Waals surface area contributed by atoms with E-state index in [1.165, 1.54) is 0 Å². The fraction of sp³-hybridized carbons (Fsp3) is 0.250. The highest BCUT2D eigenvalue weighted by Gasteiger charge is 2.41. The Morgan fingerprint density at radius 1 is 0.895 bits per heavy atom. The molecule has 0 amide bonds. The van der Waals surface area contributed by atoms with Gasteiger partial charge in [-0.25, -0.2) is 14.4 Å². The van der Waals surface area contributed by atoms with Crippen LogP contribution in [0.5, 0.6) is 0 Å². The van der Waals surface area contributed by atoms with Crippen molar-refractivity contribution in [3.8, 4) is 0 Å². The fourth-order valence-electron chi connectivity index (χ4n) is 0.977. The molecule has 7 heteroatoms. The predicted octanol–water partition coefficient (Wildman–Crippen LogP) is 0.177. The van der Waals surface area contributed by atoms with E-state index in [0.29, 0.717) is 0 Å². The Labute approximate surface area is 110 Å². The van der Waals surface area contributed by atoms with Crippen molar-refractivity contribution in [2.75, 3.05) is 6.54 Å². The van der Waals surface area contributed by atoms with E-state index in [1.807, 2.05) is 0 Å². The van der Waals surface area contributed by atoms with Crippen LogP contribution < -0.4 is 5.73 Å². The summed E-state index contributed by atoms with van der Waals surface area (Å²) in [6.45, 7) is 9.45. The van der Waals surface area contributed by atoms with Crippen molar-refractivity contribution < 1.29 is 28.6 Å². The Morgan fingerprint density at radius 2 is 1.21 bits per heavy atom.